The third-order valence-corrected chi connectivity index (χ3v) is 6.63. The van der Waals surface area contributed by atoms with E-state index in [9.17, 15) is 13.2 Å². The number of carbonyl (C=O) groups excluding carboxylic acids is 1. The van der Waals surface area contributed by atoms with E-state index in [1.54, 1.807) is 48.8 Å². The maximum atomic E-state index is 12.9. The number of amides is 1. The lowest BCUT2D eigenvalue weighted by Gasteiger charge is -2.34. The Hall–Kier alpha value is -2.26. The van der Waals surface area contributed by atoms with Gasteiger partial charge in [-0.15, -0.1) is 0 Å². The fraction of sp³-hybridized carbons (Fsp3) is 0.438. The van der Waals surface area contributed by atoms with Gasteiger partial charge in [-0.3, -0.25) is 14.5 Å². The summed E-state index contributed by atoms with van der Waals surface area (Å²) >= 11 is 0. The number of pyridine rings is 1. The Labute approximate surface area is 147 Å². The minimum absolute atomic E-state index is 0.126. The van der Waals surface area contributed by atoms with Gasteiger partial charge in [0.1, 0.15) is 4.90 Å². The summed E-state index contributed by atoms with van der Waals surface area (Å²) < 4.78 is 28.9. The van der Waals surface area contributed by atoms with Crippen LogP contribution in [0.1, 0.15) is 21.7 Å². The standard InChI is InChI=1S/C16H21N5O3S/c1-12-15(13(2)19(3)18-12)25(23,24)21-9-7-20(8-10-21)16(22)14-5-4-6-17-11-14/h4-6,11H,7-10H2,1-3H3. The molecule has 0 unspecified atom stereocenters. The third kappa shape index (κ3) is 3.16. The highest BCUT2D eigenvalue weighted by molar-refractivity contribution is 7.89. The Kier molecular flexibility index (Phi) is 4.61. The molecule has 0 atom stereocenters. The van der Waals surface area contributed by atoms with E-state index in [0.29, 0.717) is 30.0 Å². The number of aryl methyl sites for hydroxylation is 2. The summed E-state index contributed by atoms with van der Waals surface area (Å²) in [6.07, 6.45) is 3.13. The third-order valence-electron chi connectivity index (χ3n) is 4.47. The van der Waals surface area contributed by atoms with E-state index >= 15 is 0 Å². The molecule has 2 aromatic rings. The summed E-state index contributed by atoms with van der Waals surface area (Å²) in [5.74, 6) is -0.126. The molecule has 3 heterocycles. The van der Waals surface area contributed by atoms with E-state index in [0.717, 1.165) is 0 Å². The second-order valence-corrected chi connectivity index (χ2v) is 7.94. The maximum Gasteiger partial charge on any atom is 0.255 e. The zero-order valence-electron chi connectivity index (χ0n) is 14.5. The van der Waals surface area contributed by atoms with Crippen LogP contribution in [0.3, 0.4) is 0 Å². The predicted octanol–water partition coefficient (Wildman–Crippen LogP) is 0.579. The van der Waals surface area contributed by atoms with Crippen molar-refractivity contribution >= 4 is 15.9 Å². The molecular formula is C16H21N5O3S. The molecule has 2 aromatic heterocycles. The molecule has 0 aromatic carbocycles. The Bertz CT molecular complexity index is 884. The highest BCUT2D eigenvalue weighted by Crippen LogP contribution is 2.24. The molecule has 1 aliphatic heterocycles. The van der Waals surface area contributed by atoms with Crippen molar-refractivity contribution in [2.45, 2.75) is 18.7 Å². The number of nitrogens with zero attached hydrogens (tertiary/aromatic N) is 5. The first-order chi connectivity index (χ1) is 11.8. The Morgan fingerprint density at radius 1 is 1.16 bits per heavy atom. The van der Waals surface area contributed by atoms with Gasteiger partial charge >= 0.3 is 0 Å². The summed E-state index contributed by atoms with van der Waals surface area (Å²) in [7, 11) is -1.89. The number of piperazine rings is 1. The molecule has 1 saturated heterocycles. The molecule has 0 radical (unpaired) electrons. The van der Waals surface area contributed by atoms with Gasteiger partial charge in [-0.1, -0.05) is 0 Å². The molecule has 0 N–H and O–H groups in total. The maximum absolute atomic E-state index is 12.9. The minimum Gasteiger partial charge on any atom is -0.336 e. The fourth-order valence-corrected chi connectivity index (χ4v) is 4.88. The van der Waals surface area contributed by atoms with E-state index in [2.05, 4.69) is 10.1 Å². The number of carbonyl (C=O) groups is 1. The topological polar surface area (TPSA) is 88.4 Å². The second-order valence-electron chi connectivity index (χ2n) is 6.06. The molecule has 0 spiro atoms. The normalized spacial score (nSPS) is 16.2. The molecule has 0 bridgehead atoms. The number of hydrogen-bond acceptors (Lipinski definition) is 5. The summed E-state index contributed by atoms with van der Waals surface area (Å²) in [6.45, 7) is 4.68. The van der Waals surface area contributed by atoms with Crippen molar-refractivity contribution < 1.29 is 13.2 Å². The lowest BCUT2D eigenvalue weighted by molar-refractivity contribution is 0.0697. The molecule has 0 aliphatic carbocycles. The quantitative estimate of drug-likeness (QED) is 0.796. The van der Waals surface area contributed by atoms with Crippen LogP contribution in [0.2, 0.25) is 0 Å². The molecular weight excluding hydrogens is 342 g/mol. The number of hydrogen-bond donors (Lipinski definition) is 0. The zero-order valence-corrected chi connectivity index (χ0v) is 15.3. The van der Waals surface area contributed by atoms with Crippen LogP contribution in [-0.4, -0.2) is 64.5 Å². The lowest BCUT2D eigenvalue weighted by atomic mass is 10.2. The molecule has 1 aliphatic rings. The second kappa shape index (κ2) is 6.57. The molecule has 9 heteroatoms. The molecule has 3 rings (SSSR count). The van der Waals surface area contributed by atoms with Crippen LogP contribution in [0.5, 0.6) is 0 Å². The van der Waals surface area contributed by atoms with Crippen LogP contribution in [-0.2, 0) is 17.1 Å². The van der Waals surface area contributed by atoms with Gasteiger partial charge in [0.2, 0.25) is 10.0 Å². The first-order valence-corrected chi connectivity index (χ1v) is 9.46. The Balaban J connectivity index is 1.75. The predicted molar refractivity (Wildman–Crippen MR) is 91.6 cm³/mol. The van der Waals surface area contributed by atoms with Crippen LogP contribution >= 0.6 is 0 Å². The zero-order chi connectivity index (χ0) is 18.2. The van der Waals surface area contributed by atoms with Crippen molar-refractivity contribution in [3.8, 4) is 0 Å². The van der Waals surface area contributed by atoms with Gasteiger partial charge in [0.25, 0.3) is 5.91 Å². The average molecular weight is 363 g/mol. The highest BCUT2D eigenvalue weighted by atomic mass is 32.2. The van der Waals surface area contributed by atoms with Crippen molar-refractivity contribution in [3.63, 3.8) is 0 Å². The molecule has 134 valence electrons. The Morgan fingerprint density at radius 2 is 1.84 bits per heavy atom. The smallest absolute Gasteiger partial charge is 0.255 e. The summed E-state index contributed by atoms with van der Waals surface area (Å²) in [5.41, 5.74) is 1.62. The van der Waals surface area contributed by atoms with Gasteiger partial charge in [0, 0.05) is 45.6 Å². The van der Waals surface area contributed by atoms with Crippen molar-refractivity contribution in [1.29, 1.82) is 0 Å². The monoisotopic (exact) mass is 363 g/mol. The van der Waals surface area contributed by atoms with Gasteiger partial charge in [-0.2, -0.15) is 9.40 Å². The number of sulfonamides is 1. The summed E-state index contributed by atoms with van der Waals surface area (Å²) in [5, 5.41) is 4.19. The average Bonchev–Trinajstić information content (AvgIpc) is 2.87. The van der Waals surface area contributed by atoms with Gasteiger partial charge in [0.15, 0.2) is 0 Å². The van der Waals surface area contributed by atoms with Crippen molar-refractivity contribution in [1.82, 2.24) is 24.0 Å². The fourth-order valence-electron chi connectivity index (χ4n) is 3.06. The van der Waals surface area contributed by atoms with Crippen LogP contribution in [0.25, 0.3) is 0 Å². The molecule has 1 amide bonds. The van der Waals surface area contributed by atoms with Crippen LogP contribution in [0.15, 0.2) is 29.4 Å². The Morgan fingerprint density at radius 3 is 2.36 bits per heavy atom. The van der Waals surface area contributed by atoms with Crippen LogP contribution < -0.4 is 0 Å². The van der Waals surface area contributed by atoms with Crippen molar-refractivity contribution in [2.75, 3.05) is 26.2 Å². The highest BCUT2D eigenvalue weighted by Gasteiger charge is 2.34. The van der Waals surface area contributed by atoms with Crippen LogP contribution in [0.4, 0.5) is 0 Å². The summed E-state index contributed by atoms with van der Waals surface area (Å²) in [4.78, 5) is 18.3. The van der Waals surface area contributed by atoms with Crippen LogP contribution in [0, 0.1) is 13.8 Å². The number of rotatable bonds is 3. The largest absolute Gasteiger partial charge is 0.336 e. The molecule has 8 nitrogen and oxygen atoms in total. The van der Waals surface area contributed by atoms with E-state index in [4.69, 9.17) is 0 Å². The van der Waals surface area contributed by atoms with Crippen molar-refractivity contribution in [3.05, 3.63) is 41.5 Å². The molecule has 1 fully saturated rings. The van der Waals surface area contributed by atoms with Gasteiger partial charge < -0.3 is 4.90 Å². The first kappa shape index (κ1) is 17.6. The molecule has 25 heavy (non-hydrogen) atoms. The van der Waals surface area contributed by atoms with Gasteiger partial charge in [-0.05, 0) is 26.0 Å². The van der Waals surface area contributed by atoms with E-state index < -0.39 is 10.0 Å². The lowest BCUT2D eigenvalue weighted by Crippen LogP contribution is -2.50. The van der Waals surface area contributed by atoms with E-state index in [1.165, 1.54) is 10.5 Å². The van der Waals surface area contributed by atoms with Crippen molar-refractivity contribution in [2.24, 2.45) is 7.05 Å². The number of aromatic nitrogens is 3. The summed E-state index contributed by atoms with van der Waals surface area (Å²) in [6, 6.07) is 3.42. The SMILES string of the molecule is Cc1nn(C)c(C)c1S(=O)(=O)N1CCN(C(=O)c2cccnc2)CC1. The van der Waals surface area contributed by atoms with E-state index in [-0.39, 0.29) is 23.9 Å². The van der Waals surface area contributed by atoms with E-state index in [1.807, 2.05) is 0 Å². The first-order valence-electron chi connectivity index (χ1n) is 8.02. The van der Waals surface area contributed by atoms with Gasteiger partial charge in [0.05, 0.1) is 17.0 Å². The molecule has 0 saturated carbocycles. The minimum atomic E-state index is -3.62. The van der Waals surface area contributed by atoms with Gasteiger partial charge in [-0.25, -0.2) is 8.42 Å².